The first-order valence-electron chi connectivity index (χ1n) is 9.29. The van der Waals surface area contributed by atoms with Gasteiger partial charge in [0.2, 0.25) is 5.91 Å². The van der Waals surface area contributed by atoms with Gasteiger partial charge in [-0.05, 0) is 29.2 Å². The molecule has 0 saturated carbocycles. The maximum absolute atomic E-state index is 12.8. The molecule has 4 rings (SSSR count). The van der Waals surface area contributed by atoms with E-state index in [-0.39, 0.29) is 30.3 Å². The van der Waals surface area contributed by atoms with Gasteiger partial charge in [0.1, 0.15) is 0 Å². The van der Waals surface area contributed by atoms with Crippen molar-refractivity contribution in [3.63, 3.8) is 0 Å². The van der Waals surface area contributed by atoms with E-state index in [1.54, 1.807) is 18.2 Å². The van der Waals surface area contributed by atoms with Gasteiger partial charge in [0, 0.05) is 29.8 Å². The standard InChI is InChI=1S/C23H18N2O4/c26-22(18-8-6-17(7-9-18)16-4-2-1-3-5-16)15-24-21-12-11-20(25(28)29)14-19(21)10-13-23(24)27/h1-9,11-12,14H,10,13,15H2. The number of carbonyl (C=O) groups excluding carboxylic acids is 2. The first kappa shape index (κ1) is 18.6. The van der Waals surface area contributed by atoms with Crippen LogP contribution in [0.25, 0.3) is 11.1 Å². The summed E-state index contributed by atoms with van der Waals surface area (Å²) >= 11 is 0. The smallest absolute Gasteiger partial charge is 0.269 e. The maximum Gasteiger partial charge on any atom is 0.269 e. The van der Waals surface area contributed by atoms with Crippen LogP contribution < -0.4 is 4.90 Å². The van der Waals surface area contributed by atoms with Crippen molar-refractivity contribution in [2.24, 2.45) is 0 Å². The Hall–Kier alpha value is -3.80. The fourth-order valence-corrected chi connectivity index (χ4v) is 3.55. The summed E-state index contributed by atoms with van der Waals surface area (Å²) in [5.74, 6) is -0.329. The van der Waals surface area contributed by atoms with Crippen molar-refractivity contribution in [3.8, 4) is 11.1 Å². The molecule has 1 amide bonds. The van der Waals surface area contributed by atoms with E-state index >= 15 is 0 Å². The third-order valence-corrected chi connectivity index (χ3v) is 5.09. The van der Waals surface area contributed by atoms with Crippen LogP contribution in [-0.2, 0) is 11.2 Å². The number of benzene rings is 3. The van der Waals surface area contributed by atoms with E-state index in [1.165, 1.54) is 17.0 Å². The number of nitro benzene ring substituents is 1. The zero-order chi connectivity index (χ0) is 20.4. The lowest BCUT2D eigenvalue weighted by Crippen LogP contribution is -2.39. The lowest BCUT2D eigenvalue weighted by Gasteiger charge is -2.28. The molecule has 0 N–H and O–H groups in total. The van der Waals surface area contributed by atoms with Gasteiger partial charge in [0.15, 0.2) is 5.78 Å². The molecule has 1 heterocycles. The second kappa shape index (κ2) is 7.67. The monoisotopic (exact) mass is 386 g/mol. The zero-order valence-corrected chi connectivity index (χ0v) is 15.6. The minimum atomic E-state index is -0.458. The van der Waals surface area contributed by atoms with Crippen LogP contribution in [0.15, 0.2) is 72.8 Å². The molecule has 0 saturated heterocycles. The number of ketones is 1. The zero-order valence-electron chi connectivity index (χ0n) is 15.6. The molecular weight excluding hydrogens is 368 g/mol. The number of hydrogen-bond donors (Lipinski definition) is 0. The number of non-ortho nitro benzene ring substituents is 1. The minimum Gasteiger partial charge on any atom is -0.304 e. The van der Waals surface area contributed by atoms with Crippen LogP contribution in [0.4, 0.5) is 11.4 Å². The molecule has 0 aliphatic carbocycles. The summed E-state index contributed by atoms with van der Waals surface area (Å²) in [7, 11) is 0. The summed E-state index contributed by atoms with van der Waals surface area (Å²) < 4.78 is 0. The number of nitrogens with zero attached hydrogens (tertiary/aromatic N) is 2. The number of fused-ring (bicyclic) bond motifs is 1. The van der Waals surface area contributed by atoms with Gasteiger partial charge in [0.25, 0.3) is 5.69 Å². The molecule has 0 radical (unpaired) electrons. The van der Waals surface area contributed by atoms with Crippen LogP contribution in [0.1, 0.15) is 22.3 Å². The lowest BCUT2D eigenvalue weighted by molar-refractivity contribution is -0.384. The Kier molecular flexibility index (Phi) is 4.91. The molecule has 3 aromatic rings. The van der Waals surface area contributed by atoms with E-state index in [0.717, 1.165) is 11.1 Å². The summed E-state index contributed by atoms with van der Waals surface area (Å²) in [5.41, 5.74) is 3.86. The Labute approximate surface area is 167 Å². The molecular formula is C23H18N2O4. The molecule has 0 aromatic heterocycles. The molecule has 1 aliphatic heterocycles. The molecule has 0 unspecified atom stereocenters. The molecule has 29 heavy (non-hydrogen) atoms. The van der Waals surface area contributed by atoms with Crippen molar-refractivity contribution in [1.29, 1.82) is 0 Å². The summed E-state index contributed by atoms with van der Waals surface area (Å²) in [6, 6.07) is 21.5. The molecule has 0 atom stereocenters. The van der Waals surface area contributed by atoms with Crippen LogP contribution in [0.2, 0.25) is 0 Å². The maximum atomic E-state index is 12.8. The van der Waals surface area contributed by atoms with E-state index in [2.05, 4.69) is 0 Å². The Bertz CT molecular complexity index is 1090. The van der Waals surface area contributed by atoms with Gasteiger partial charge in [-0.2, -0.15) is 0 Å². The second-order valence-electron chi connectivity index (χ2n) is 6.92. The predicted octanol–water partition coefficient (Wildman–Crippen LogP) is 4.42. The summed E-state index contributed by atoms with van der Waals surface area (Å²) in [6.07, 6.45) is 0.667. The van der Waals surface area contributed by atoms with Gasteiger partial charge >= 0.3 is 0 Å². The number of aryl methyl sites for hydroxylation is 1. The van der Waals surface area contributed by atoms with Crippen molar-refractivity contribution < 1.29 is 14.5 Å². The quantitative estimate of drug-likeness (QED) is 0.369. The number of hydrogen-bond acceptors (Lipinski definition) is 4. The Morgan fingerprint density at radius 2 is 1.62 bits per heavy atom. The molecule has 6 heteroatoms. The third-order valence-electron chi connectivity index (χ3n) is 5.09. The van der Waals surface area contributed by atoms with Crippen LogP contribution in [-0.4, -0.2) is 23.2 Å². The van der Waals surface area contributed by atoms with Gasteiger partial charge < -0.3 is 4.90 Å². The van der Waals surface area contributed by atoms with Gasteiger partial charge in [-0.25, -0.2) is 0 Å². The largest absolute Gasteiger partial charge is 0.304 e. The Morgan fingerprint density at radius 1 is 0.931 bits per heavy atom. The first-order chi connectivity index (χ1) is 14.0. The highest BCUT2D eigenvalue weighted by Crippen LogP contribution is 2.31. The van der Waals surface area contributed by atoms with Gasteiger partial charge in [-0.15, -0.1) is 0 Å². The summed E-state index contributed by atoms with van der Waals surface area (Å²) in [4.78, 5) is 37.2. The number of nitro groups is 1. The highest BCUT2D eigenvalue weighted by molar-refractivity contribution is 6.06. The molecule has 0 spiro atoms. The molecule has 144 valence electrons. The van der Waals surface area contributed by atoms with Crippen LogP contribution >= 0.6 is 0 Å². The van der Waals surface area contributed by atoms with E-state index in [4.69, 9.17) is 0 Å². The van der Waals surface area contributed by atoms with Crippen molar-refractivity contribution in [1.82, 2.24) is 0 Å². The third kappa shape index (κ3) is 3.78. The lowest BCUT2D eigenvalue weighted by atomic mass is 9.99. The van der Waals surface area contributed by atoms with Gasteiger partial charge in [-0.3, -0.25) is 19.7 Å². The predicted molar refractivity (Wildman–Crippen MR) is 110 cm³/mol. The highest BCUT2D eigenvalue weighted by atomic mass is 16.6. The summed E-state index contributed by atoms with van der Waals surface area (Å²) in [5, 5.41) is 11.0. The van der Waals surface area contributed by atoms with E-state index in [0.29, 0.717) is 23.2 Å². The van der Waals surface area contributed by atoms with Crippen molar-refractivity contribution in [2.45, 2.75) is 12.8 Å². The average molecular weight is 386 g/mol. The normalized spacial score (nSPS) is 13.1. The Balaban J connectivity index is 1.55. The first-order valence-corrected chi connectivity index (χ1v) is 9.29. The molecule has 6 nitrogen and oxygen atoms in total. The van der Waals surface area contributed by atoms with E-state index < -0.39 is 4.92 Å². The van der Waals surface area contributed by atoms with Crippen LogP contribution in [0.3, 0.4) is 0 Å². The van der Waals surface area contributed by atoms with Crippen molar-refractivity contribution in [3.05, 3.63) is 94.0 Å². The fourth-order valence-electron chi connectivity index (χ4n) is 3.55. The average Bonchev–Trinajstić information content (AvgIpc) is 2.76. The fraction of sp³-hybridized carbons (Fsp3) is 0.130. The van der Waals surface area contributed by atoms with Crippen molar-refractivity contribution >= 4 is 23.1 Å². The number of rotatable bonds is 5. The molecule has 0 fully saturated rings. The number of anilines is 1. The van der Waals surface area contributed by atoms with Crippen LogP contribution in [0, 0.1) is 10.1 Å². The number of carbonyl (C=O) groups is 2. The van der Waals surface area contributed by atoms with Crippen molar-refractivity contribution in [2.75, 3.05) is 11.4 Å². The highest BCUT2D eigenvalue weighted by Gasteiger charge is 2.27. The number of amides is 1. The SMILES string of the molecule is O=C(CN1C(=O)CCc2cc([N+](=O)[O-])ccc21)c1ccc(-c2ccccc2)cc1. The topological polar surface area (TPSA) is 80.5 Å². The molecule has 3 aromatic carbocycles. The minimum absolute atomic E-state index is 0.0131. The second-order valence-corrected chi connectivity index (χ2v) is 6.92. The van der Waals surface area contributed by atoms with Gasteiger partial charge in [-0.1, -0.05) is 54.6 Å². The molecule has 0 bridgehead atoms. The summed E-state index contributed by atoms with van der Waals surface area (Å²) in [6.45, 7) is -0.0890. The Morgan fingerprint density at radius 3 is 2.31 bits per heavy atom. The number of Topliss-reactive ketones (excluding diaryl/α,β-unsaturated/α-hetero) is 1. The van der Waals surface area contributed by atoms with Crippen LogP contribution in [0.5, 0.6) is 0 Å². The molecule has 1 aliphatic rings. The van der Waals surface area contributed by atoms with E-state index in [1.807, 2.05) is 42.5 Å². The van der Waals surface area contributed by atoms with Gasteiger partial charge in [0.05, 0.1) is 11.5 Å². The van der Waals surface area contributed by atoms with E-state index in [9.17, 15) is 19.7 Å².